The molecule has 1 N–H and O–H groups in total. The van der Waals surface area contributed by atoms with Gasteiger partial charge < -0.3 is 19.9 Å². The third-order valence-corrected chi connectivity index (χ3v) is 5.34. The van der Waals surface area contributed by atoms with Gasteiger partial charge in [-0.25, -0.2) is 4.79 Å². The number of hydrogen-bond acceptors (Lipinski definition) is 3. The Balaban J connectivity index is 1.28. The highest BCUT2D eigenvalue weighted by Gasteiger charge is 2.31. The fourth-order valence-electron chi connectivity index (χ4n) is 3.75. The van der Waals surface area contributed by atoms with Crippen molar-refractivity contribution in [2.45, 2.75) is 31.4 Å². The van der Waals surface area contributed by atoms with Gasteiger partial charge in [0.2, 0.25) is 0 Å². The molecule has 0 radical (unpaired) electrons. The molecular formula is C19H27N3O2. The van der Waals surface area contributed by atoms with E-state index in [-0.39, 0.29) is 12.1 Å². The van der Waals surface area contributed by atoms with Crippen LogP contribution in [0, 0.1) is 5.92 Å². The number of nitrogens with zero attached hydrogens (tertiary/aromatic N) is 2. The quantitative estimate of drug-likeness (QED) is 0.921. The van der Waals surface area contributed by atoms with Crippen LogP contribution in [0.15, 0.2) is 30.3 Å². The van der Waals surface area contributed by atoms with Crippen LogP contribution in [0.3, 0.4) is 0 Å². The van der Waals surface area contributed by atoms with Crippen LogP contribution in [0.2, 0.25) is 0 Å². The second kappa shape index (κ2) is 7.11. The van der Waals surface area contributed by atoms with Crippen molar-refractivity contribution >= 4 is 6.03 Å². The zero-order valence-corrected chi connectivity index (χ0v) is 14.2. The van der Waals surface area contributed by atoms with Gasteiger partial charge in [0.15, 0.2) is 0 Å². The molecule has 0 bridgehead atoms. The maximum Gasteiger partial charge on any atom is 0.317 e. The number of morpholine rings is 1. The van der Waals surface area contributed by atoms with Gasteiger partial charge in [0, 0.05) is 32.2 Å². The van der Waals surface area contributed by atoms with Gasteiger partial charge in [-0.3, -0.25) is 0 Å². The van der Waals surface area contributed by atoms with E-state index in [9.17, 15) is 4.79 Å². The number of carbonyl (C=O) groups excluding carboxylic acids is 1. The molecular weight excluding hydrogens is 302 g/mol. The van der Waals surface area contributed by atoms with E-state index < -0.39 is 0 Å². The van der Waals surface area contributed by atoms with Crippen molar-refractivity contribution in [2.24, 2.45) is 5.92 Å². The summed E-state index contributed by atoms with van der Waals surface area (Å²) in [5.41, 5.74) is 1.14. The standard InChI is InChI=1S/C19H27N3O2/c23-19(20-17-8-9-21(13-17)12-15-6-7-15)22-10-11-24-18(14-22)16-4-2-1-3-5-16/h1-5,15,17-18H,6-14H2,(H,20,23)/t17-,18-/m0/s1. The Bertz CT molecular complexity index is 561. The van der Waals surface area contributed by atoms with Crippen LogP contribution in [0.4, 0.5) is 4.79 Å². The second-order valence-corrected chi connectivity index (χ2v) is 7.35. The summed E-state index contributed by atoms with van der Waals surface area (Å²) < 4.78 is 5.85. The van der Waals surface area contributed by atoms with E-state index in [2.05, 4.69) is 22.3 Å². The molecule has 0 unspecified atom stereocenters. The lowest BCUT2D eigenvalue weighted by atomic mass is 10.1. The molecule has 2 heterocycles. The van der Waals surface area contributed by atoms with Crippen LogP contribution >= 0.6 is 0 Å². The largest absolute Gasteiger partial charge is 0.370 e. The van der Waals surface area contributed by atoms with Crippen molar-refractivity contribution in [1.82, 2.24) is 15.1 Å². The molecule has 2 saturated heterocycles. The molecule has 0 spiro atoms. The number of urea groups is 1. The van der Waals surface area contributed by atoms with Crippen LogP contribution < -0.4 is 5.32 Å². The molecule has 24 heavy (non-hydrogen) atoms. The van der Waals surface area contributed by atoms with E-state index in [4.69, 9.17) is 4.74 Å². The molecule has 2 aliphatic heterocycles. The minimum Gasteiger partial charge on any atom is -0.370 e. The first-order chi connectivity index (χ1) is 11.8. The molecule has 3 aliphatic rings. The number of amides is 2. The Morgan fingerprint density at radius 2 is 1.96 bits per heavy atom. The fourth-order valence-corrected chi connectivity index (χ4v) is 3.75. The molecule has 4 rings (SSSR count). The molecule has 1 aliphatic carbocycles. The third-order valence-electron chi connectivity index (χ3n) is 5.34. The van der Waals surface area contributed by atoms with Crippen LogP contribution in [0.1, 0.15) is 30.9 Å². The summed E-state index contributed by atoms with van der Waals surface area (Å²) in [6, 6.07) is 10.5. The highest BCUT2D eigenvalue weighted by molar-refractivity contribution is 5.74. The number of likely N-dealkylation sites (tertiary alicyclic amines) is 1. The van der Waals surface area contributed by atoms with E-state index >= 15 is 0 Å². The molecule has 2 atom stereocenters. The zero-order valence-electron chi connectivity index (χ0n) is 14.2. The molecule has 1 saturated carbocycles. The van der Waals surface area contributed by atoms with Crippen molar-refractivity contribution in [3.8, 4) is 0 Å². The van der Waals surface area contributed by atoms with Crippen molar-refractivity contribution < 1.29 is 9.53 Å². The van der Waals surface area contributed by atoms with E-state index in [1.54, 1.807) is 0 Å². The highest BCUT2D eigenvalue weighted by atomic mass is 16.5. The molecule has 2 amide bonds. The number of nitrogens with one attached hydrogen (secondary N) is 1. The zero-order chi connectivity index (χ0) is 16.4. The summed E-state index contributed by atoms with van der Waals surface area (Å²) in [5.74, 6) is 0.922. The Hall–Kier alpha value is -1.59. The van der Waals surface area contributed by atoms with Crippen molar-refractivity contribution in [3.05, 3.63) is 35.9 Å². The first-order valence-electron chi connectivity index (χ1n) is 9.22. The molecule has 130 valence electrons. The van der Waals surface area contributed by atoms with E-state index in [0.717, 1.165) is 31.0 Å². The molecule has 0 aromatic heterocycles. The number of ether oxygens (including phenoxy) is 1. The van der Waals surface area contributed by atoms with E-state index in [0.29, 0.717) is 25.7 Å². The van der Waals surface area contributed by atoms with Gasteiger partial charge >= 0.3 is 6.03 Å². The summed E-state index contributed by atoms with van der Waals surface area (Å²) in [6.07, 6.45) is 3.84. The molecule has 5 heteroatoms. The summed E-state index contributed by atoms with van der Waals surface area (Å²) >= 11 is 0. The van der Waals surface area contributed by atoms with E-state index in [1.165, 1.54) is 19.4 Å². The smallest absolute Gasteiger partial charge is 0.317 e. The predicted molar refractivity (Wildman–Crippen MR) is 92.8 cm³/mol. The summed E-state index contributed by atoms with van der Waals surface area (Å²) in [7, 11) is 0. The number of hydrogen-bond donors (Lipinski definition) is 1. The van der Waals surface area contributed by atoms with Crippen LogP contribution in [-0.4, -0.2) is 61.2 Å². The van der Waals surface area contributed by atoms with Gasteiger partial charge in [0.05, 0.1) is 13.2 Å². The maximum absolute atomic E-state index is 12.6. The lowest BCUT2D eigenvalue weighted by molar-refractivity contribution is -0.0157. The topological polar surface area (TPSA) is 44.8 Å². The number of benzene rings is 1. The van der Waals surface area contributed by atoms with Gasteiger partial charge in [-0.1, -0.05) is 30.3 Å². The van der Waals surface area contributed by atoms with Gasteiger partial charge in [0.1, 0.15) is 6.10 Å². The van der Waals surface area contributed by atoms with Crippen molar-refractivity contribution in [2.75, 3.05) is 39.3 Å². The molecule has 5 nitrogen and oxygen atoms in total. The monoisotopic (exact) mass is 329 g/mol. The fraction of sp³-hybridized carbons (Fsp3) is 0.632. The molecule has 3 fully saturated rings. The minimum atomic E-state index is -0.0133. The summed E-state index contributed by atoms with van der Waals surface area (Å²) in [5, 5.41) is 3.23. The summed E-state index contributed by atoms with van der Waals surface area (Å²) in [6.45, 7) is 5.26. The Morgan fingerprint density at radius 1 is 1.12 bits per heavy atom. The lowest BCUT2D eigenvalue weighted by Gasteiger charge is -2.34. The first-order valence-corrected chi connectivity index (χ1v) is 9.22. The minimum absolute atomic E-state index is 0.0133. The molecule has 1 aromatic rings. The maximum atomic E-state index is 12.6. The number of rotatable bonds is 4. The SMILES string of the molecule is O=C(N[C@H]1CCN(CC2CC2)C1)N1CCO[C@H](c2ccccc2)C1. The predicted octanol–water partition coefficient (Wildman–Crippen LogP) is 2.25. The highest BCUT2D eigenvalue weighted by Crippen LogP contribution is 2.30. The molecule has 1 aromatic carbocycles. The Kier molecular flexibility index (Phi) is 4.72. The Morgan fingerprint density at radius 3 is 2.75 bits per heavy atom. The average Bonchev–Trinajstić information content (AvgIpc) is 3.34. The van der Waals surface area contributed by atoms with Crippen LogP contribution in [-0.2, 0) is 4.74 Å². The Labute approximate surface area is 144 Å². The van der Waals surface area contributed by atoms with Gasteiger partial charge in [-0.05, 0) is 30.7 Å². The average molecular weight is 329 g/mol. The summed E-state index contributed by atoms with van der Waals surface area (Å²) in [4.78, 5) is 17.0. The van der Waals surface area contributed by atoms with Crippen molar-refractivity contribution in [1.29, 1.82) is 0 Å². The van der Waals surface area contributed by atoms with E-state index in [1.807, 2.05) is 23.1 Å². The third kappa shape index (κ3) is 3.90. The van der Waals surface area contributed by atoms with Crippen LogP contribution in [0.5, 0.6) is 0 Å². The van der Waals surface area contributed by atoms with Gasteiger partial charge in [-0.2, -0.15) is 0 Å². The first kappa shape index (κ1) is 15.9. The van der Waals surface area contributed by atoms with Gasteiger partial charge in [0.25, 0.3) is 0 Å². The number of carbonyl (C=O) groups is 1. The van der Waals surface area contributed by atoms with Gasteiger partial charge in [-0.15, -0.1) is 0 Å². The van der Waals surface area contributed by atoms with Crippen molar-refractivity contribution in [3.63, 3.8) is 0 Å². The van der Waals surface area contributed by atoms with Crippen LogP contribution in [0.25, 0.3) is 0 Å². The normalized spacial score (nSPS) is 28.1. The lowest BCUT2D eigenvalue weighted by Crippen LogP contribution is -2.50. The second-order valence-electron chi connectivity index (χ2n) is 7.35.